The Kier molecular flexibility index (Phi) is 15.6. The number of thiazole rings is 1. The number of carbonyl (C=O) groups excluding carboxylic acids is 5. The van der Waals surface area contributed by atoms with E-state index < -0.39 is 23.5 Å². The number of aromatic nitrogens is 3. The number of aryl methyl sites for hydroxylation is 1. The monoisotopic (exact) mass is 887 g/mol. The van der Waals surface area contributed by atoms with E-state index in [1.54, 1.807) is 58.7 Å². The molecule has 2 aromatic carbocycles. The standard InChI is InChI=1S/C47H50ClN9O5S/c1-30-41(63-29-53-30)33-16-13-32(14-17-33)28-52-44(60)38-11-8-24-57(38)45(61)42(47(2,3)4)56-40(58)12-5-6-21-51-43(59)34-10-7-9-31(25-34)15-18-35-26-36(19-22-49-35)54-46(62)55-37-20-23-50-39(48)27-37/h7,9-10,13-14,16-17,19-20,22-23,25-27,29,38,42H,5-6,8,11-12,21,24,28H2,1-4H3,(H,51,59)(H,52,60)(H,56,58)(H2,49,50,54,55,62). The summed E-state index contributed by atoms with van der Waals surface area (Å²) in [5.41, 5.74) is 6.63. The molecular weight excluding hydrogens is 838 g/mol. The summed E-state index contributed by atoms with van der Waals surface area (Å²) < 4.78 is 0. The number of benzene rings is 2. The van der Waals surface area contributed by atoms with Crippen molar-refractivity contribution in [3.8, 4) is 22.3 Å². The number of likely N-dealkylation sites (tertiary alicyclic amines) is 1. The Morgan fingerprint density at radius 3 is 2.35 bits per heavy atom. The number of carbonyl (C=O) groups is 5. The van der Waals surface area contributed by atoms with Gasteiger partial charge in [0.15, 0.2) is 0 Å². The van der Waals surface area contributed by atoms with Crippen LogP contribution in [0.4, 0.5) is 16.2 Å². The second-order valence-electron chi connectivity index (χ2n) is 16.2. The van der Waals surface area contributed by atoms with Gasteiger partial charge in [-0.05, 0) is 97.5 Å². The minimum absolute atomic E-state index is 0.168. The van der Waals surface area contributed by atoms with Crippen molar-refractivity contribution in [1.29, 1.82) is 0 Å². The highest BCUT2D eigenvalue weighted by molar-refractivity contribution is 7.13. The molecule has 2 atom stereocenters. The number of urea groups is 1. The van der Waals surface area contributed by atoms with Crippen LogP contribution < -0.4 is 26.6 Å². The number of anilines is 2. The summed E-state index contributed by atoms with van der Waals surface area (Å²) in [5, 5.41) is 14.5. The molecule has 14 nitrogen and oxygen atoms in total. The third-order valence-electron chi connectivity index (χ3n) is 10.3. The lowest BCUT2D eigenvalue weighted by Crippen LogP contribution is -2.57. The largest absolute Gasteiger partial charge is 0.352 e. The van der Waals surface area contributed by atoms with Gasteiger partial charge in [0.25, 0.3) is 5.91 Å². The van der Waals surface area contributed by atoms with E-state index in [-0.39, 0.29) is 35.2 Å². The number of pyridine rings is 2. The molecule has 2 unspecified atom stereocenters. The van der Waals surface area contributed by atoms with Crippen LogP contribution in [0.25, 0.3) is 10.4 Å². The van der Waals surface area contributed by atoms with Crippen LogP contribution in [0.15, 0.2) is 90.7 Å². The molecule has 1 saturated heterocycles. The Morgan fingerprint density at radius 1 is 0.889 bits per heavy atom. The predicted octanol–water partition coefficient (Wildman–Crippen LogP) is 7.34. The van der Waals surface area contributed by atoms with Gasteiger partial charge in [-0.1, -0.05) is 68.6 Å². The molecular formula is C47H50ClN9O5S. The van der Waals surface area contributed by atoms with Crippen LogP contribution in [-0.2, 0) is 20.9 Å². The summed E-state index contributed by atoms with van der Waals surface area (Å²) >= 11 is 7.48. The van der Waals surface area contributed by atoms with Crippen molar-refractivity contribution in [2.24, 2.45) is 5.41 Å². The number of nitrogens with one attached hydrogen (secondary N) is 5. The predicted molar refractivity (Wildman–Crippen MR) is 245 cm³/mol. The highest BCUT2D eigenvalue weighted by Crippen LogP contribution is 2.28. The molecule has 5 N–H and O–H groups in total. The summed E-state index contributed by atoms with van der Waals surface area (Å²) in [4.78, 5) is 81.2. The van der Waals surface area contributed by atoms with E-state index in [2.05, 4.69) is 53.4 Å². The Labute approximate surface area is 376 Å². The summed E-state index contributed by atoms with van der Waals surface area (Å²) in [6, 6.07) is 19.4. The minimum atomic E-state index is -0.822. The number of hydrogen-bond acceptors (Lipinski definition) is 9. The van der Waals surface area contributed by atoms with Gasteiger partial charge in [-0.25, -0.2) is 19.7 Å². The number of hydrogen-bond donors (Lipinski definition) is 5. The number of unbranched alkanes of at least 4 members (excludes halogenated alkanes) is 1. The van der Waals surface area contributed by atoms with Gasteiger partial charge in [0.05, 0.1) is 16.1 Å². The van der Waals surface area contributed by atoms with E-state index in [1.165, 1.54) is 18.5 Å². The topological polar surface area (TPSA) is 187 Å². The first-order chi connectivity index (χ1) is 30.2. The van der Waals surface area contributed by atoms with Crippen LogP contribution >= 0.6 is 22.9 Å². The summed E-state index contributed by atoms with van der Waals surface area (Å²) in [6.45, 7) is 8.78. The molecule has 0 saturated carbocycles. The highest BCUT2D eigenvalue weighted by Gasteiger charge is 2.41. The lowest BCUT2D eigenvalue weighted by molar-refractivity contribution is -0.143. The molecule has 0 radical (unpaired) electrons. The van der Waals surface area contributed by atoms with Gasteiger partial charge in [-0.15, -0.1) is 11.3 Å². The second-order valence-corrected chi connectivity index (χ2v) is 17.4. The molecule has 1 aliphatic heterocycles. The second kappa shape index (κ2) is 21.4. The molecule has 6 rings (SSSR count). The number of rotatable bonds is 14. The maximum absolute atomic E-state index is 14.0. The van der Waals surface area contributed by atoms with E-state index in [0.717, 1.165) is 21.7 Å². The summed E-state index contributed by atoms with van der Waals surface area (Å²) in [7, 11) is 0. The van der Waals surface area contributed by atoms with Crippen LogP contribution in [0.1, 0.15) is 85.7 Å². The summed E-state index contributed by atoms with van der Waals surface area (Å²) in [5.74, 6) is 4.94. The number of amides is 6. The van der Waals surface area contributed by atoms with Gasteiger partial charge in [-0.3, -0.25) is 19.2 Å². The van der Waals surface area contributed by atoms with Crippen LogP contribution in [0.3, 0.4) is 0 Å². The zero-order valence-electron chi connectivity index (χ0n) is 35.6. The van der Waals surface area contributed by atoms with Crippen molar-refractivity contribution >= 4 is 64.0 Å². The first kappa shape index (κ1) is 45.9. The SMILES string of the molecule is Cc1ncsc1-c1ccc(CNC(=O)C2CCCN2C(=O)C(NC(=O)CCCCNC(=O)c2cccc(C#Cc3cc(NC(=O)Nc4ccnc(Cl)c4)ccn3)c2)C(C)(C)C)cc1. The Hall–Kier alpha value is -6.63. The molecule has 1 fully saturated rings. The normalized spacial score (nSPS) is 13.9. The van der Waals surface area contributed by atoms with E-state index in [9.17, 15) is 24.0 Å². The van der Waals surface area contributed by atoms with E-state index >= 15 is 0 Å². The first-order valence-corrected chi connectivity index (χ1v) is 21.9. The number of halogens is 1. The molecule has 6 amide bonds. The maximum atomic E-state index is 14.0. The van der Waals surface area contributed by atoms with Crippen molar-refractivity contribution in [3.05, 3.63) is 124 Å². The Balaban J connectivity index is 0.932. The van der Waals surface area contributed by atoms with Gasteiger partial charge < -0.3 is 31.5 Å². The molecule has 4 heterocycles. The fourth-order valence-electron chi connectivity index (χ4n) is 6.95. The van der Waals surface area contributed by atoms with Gasteiger partial charge in [0.1, 0.15) is 22.9 Å². The zero-order valence-corrected chi connectivity index (χ0v) is 37.2. The fraction of sp³-hybridized carbons (Fsp3) is 0.319. The average Bonchev–Trinajstić information content (AvgIpc) is 3.93. The van der Waals surface area contributed by atoms with Gasteiger partial charge >= 0.3 is 6.03 Å². The molecule has 0 aliphatic carbocycles. The lowest BCUT2D eigenvalue weighted by atomic mass is 9.85. The molecule has 0 bridgehead atoms. The molecule has 1 aliphatic rings. The Bertz CT molecular complexity index is 2510. The maximum Gasteiger partial charge on any atom is 0.323 e. The average molecular weight is 888 g/mol. The van der Waals surface area contributed by atoms with Crippen molar-refractivity contribution in [2.75, 3.05) is 23.7 Å². The lowest BCUT2D eigenvalue weighted by Gasteiger charge is -2.35. The number of nitrogens with zero attached hydrogens (tertiary/aromatic N) is 4. The minimum Gasteiger partial charge on any atom is -0.352 e. The molecule has 16 heteroatoms. The van der Waals surface area contributed by atoms with Crippen LogP contribution in [-0.4, -0.2) is 74.7 Å². The van der Waals surface area contributed by atoms with Crippen LogP contribution in [0, 0.1) is 24.2 Å². The highest BCUT2D eigenvalue weighted by atomic mass is 35.5. The van der Waals surface area contributed by atoms with Crippen LogP contribution in [0.5, 0.6) is 0 Å². The van der Waals surface area contributed by atoms with Crippen molar-refractivity contribution < 1.29 is 24.0 Å². The van der Waals surface area contributed by atoms with Gasteiger partial charge in [0, 0.05) is 61.0 Å². The molecule has 0 spiro atoms. The van der Waals surface area contributed by atoms with Gasteiger partial charge in [-0.2, -0.15) is 0 Å². The molecule has 3 aromatic heterocycles. The van der Waals surface area contributed by atoms with Crippen molar-refractivity contribution in [1.82, 2.24) is 35.8 Å². The quantitative estimate of drug-likeness (QED) is 0.0435. The van der Waals surface area contributed by atoms with E-state index in [1.807, 2.05) is 57.5 Å². The zero-order chi connectivity index (χ0) is 44.9. The van der Waals surface area contributed by atoms with Crippen LogP contribution in [0.2, 0.25) is 5.15 Å². The first-order valence-electron chi connectivity index (χ1n) is 20.7. The molecule has 326 valence electrons. The van der Waals surface area contributed by atoms with Crippen molar-refractivity contribution in [3.63, 3.8) is 0 Å². The van der Waals surface area contributed by atoms with E-state index in [0.29, 0.717) is 73.5 Å². The van der Waals surface area contributed by atoms with Gasteiger partial charge in [0.2, 0.25) is 17.7 Å². The van der Waals surface area contributed by atoms with E-state index in [4.69, 9.17) is 11.6 Å². The van der Waals surface area contributed by atoms with Crippen molar-refractivity contribution in [2.45, 2.75) is 78.4 Å². The molecule has 5 aromatic rings. The third-order valence-corrected chi connectivity index (χ3v) is 11.4. The fourth-order valence-corrected chi connectivity index (χ4v) is 7.94. The smallest absolute Gasteiger partial charge is 0.323 e. The Morgan fingerprint density at radius 2 is 1.63 bits per heavy atom. The third kappa shape index (κ3) is 13.2. The summed E-state index contributed by atoms with van der Waals surface area (Å²) in [6.07, 6.45) is 5.45. The molecule has 63 heavy (non-hydrogen) atoms.